The third-order valence-electron chi connectivity index (χ3n) is 2.91. The monoisotopic (exact) mass is 178 g/mol. The van der Waals surface area contributed by atoms with Gasteiger partial charge in [-0.3, -0.25) is 4.99 Å². The van der Waals surface area contributed by atoms with Crippen LogP contribution in [-0.2, 0) is 0 Å². The first kappa shape index (κ1) is 8.95. The largest absolute Gasteiger partial charge is 0.313 e. The van der Waals surface area contributed by atoms with E-state index in [-0.39, 0.29) is 0 Å². The Balaban J connectivity index is 2.20. The zero-order chi connectivity index (χ0) is 9.26. The molecule has 2 nitrogen and oxygen atoms in total. The van der Waals surface area contributed by atoms with E-state index < -0.39 is 0 Å². The Bertz CT molecular complexity index is 261. The number of rotatable bonds is 1. The van der Waals surface area contributed by atoms with Gasteiger partial charge in [-0.2, -0.15) is 0 Å². The van der Waals surface area contributed by atoms with Gasteiger partial charge in [-0.05, 0) is 24.3 Å². The van der Waals surface area contributed by atoms with Gasteiger partial charge in [-0.25, -0.2) is 0 Å². The Hall–Kier alpha value is -0.630. The summed E-state index contributed by atoms with van der Waals surface area (Å²) in [4.78, 5) is 4.76. The lowest BCUT2D eigenvalue weighted by atomic mass is 9.93. The zero-order valence-corrected chi connectivity index (χ0v) is 8.56. The first-order chi connectivity index (χ1) is 6.27. The molecule has 0 atom stereocenters. The first-order valence-corrected chi connectivity index (χ1v) is 5.26. The molecule has 0 aromatic heterocycles. The number of hydrogen-bond acceptors (Lipinski definition) is 2. The number of hydrogen-bond donors (Lipinski definition) is 1. The van der Waals surface area contributed by atoms with Crippen LogP contribution in [0.5, 0.6) is 0 Å². The average Bonchev–Trinajstić information content (AvgIpc) is 2.17. The number of nitrogens with zero attached hydrogens (tertiary/aromatic N) is 1. The molecule has 2 aliphatic rings. The third-order valence-corrected chi connectivity index (χ3v) is 2.91. The maximum Gasteiger partial charge on any atom is 0.0420 e. The van der Waals surface area contributed by atoms with Crippen molar-refractivity contribution in [3.05, 3.63) is 11.3 Å². The van der Waals surface area contributed by atoms with Crippen LogP contribution in [0.4, 0.5) is 0 Å². The highest BCUT2D eigenvalue weighted by atomic mass is 14.9. The van der Waals surface area contributed by atoms with E-state index in [1.54, 1.807) is 5.57 Å². The second kappa shape index (κ2) is 3.62. The summed E-state index contributed by atoms with van der Waals surface area (Å²) < 4.78 is 0. The maximum atomic E-state index is 4.76. The molecular weight excluding hydrogens is 160 g/mol. The Morgan fingerprint density at radius 1 is 1.23 bits per heavy atom. The molecular formula is C11H18N2. The highest BCUT2D eigenvalue weighted by Crippen LogP contribution is 2.25. The van der Waals surface area contributed by atoms with Crippen LogP contribution >= 0.6 is 0 Å². The molecule has 0 spiro atoms. The fourth-order valence-corrected chi connectivity index (χ4v) is 2.02. The zero-order valence-electron chi connectivity index (χ0n) is 8.56. The van der Waals surface area contributed by atoms with Crippen molar-refractivity contribution < 1.29 is 0 Å². The molecule has 0 aromatic rings. The van der Waals surface area contributed by atoms with Crippen LogP contribution < -0.4 is 5.32 Å². The molecule has 72 valence electrons. The smallest absolute Gasteiger partial charge is 0.0420 e. The van der Waals surface area contributed by atoms with Gasteiger partial charge in [0, 0.05) is 30.9 Å². The van der Waals surface area contributed by atoms with Crippen molar-refractivity contribution in [3.8, 4) is 0 Å². The second-order valence-electron chi connectivity index (χ2n) is 4.23. The minimum Gasteiger partial charge on any atom is -0.313 e. The maximum absolute atomic E-state index is 4.76. The van der Waals surface area contributed by atoms with E-state index in [0.717, 1.165) is 19.5 Å². The predicted molar refractivity (Wildman–Crippen MR) is 56.0 cm³/mol. The van der Waals surface area contributed by atoms with E-state index in [2.05, 4.69) is 19.2 Å². The van der Waals surface area contributed by atoms with E-state index in [4.69, 9.17) is 4.99 Å². The topological polar surface area (TPSA) is 24.4 Å². The van der Waals surface area contributed by atoms with Crippen molar-refractivity contribution in [1.82, 2.24) is 5.32 Å². The van der Waals surface area contributed by atoms with Crippen molar-refractivity contribution in [3.63, 3.8) is 0 Å². The molecule has 0 saturated carbocycles. The van der Waals surface area contributed by atoms with Crippen molar-refractivity contribution in [2.45, 2.75) is 33.1 Å². The van der Waals surface area contributed by atoms with E-state index in [1.165, 1.54) is 24.3 Å². The first-order valence-electron chi connectivity index (χ1n) is 5.26. The SMILES string of the molecule is CC(C)C1=NC2=C(CC1)CNCC2. The van der Waals surface area contributed by atoms with Gasteiger partial charge in [0.25, 0.3) is 0 Å². The van der Waals surface area contributed by atoms with Crippen molar-refractivity contribution >= 4 is 5.71 Å². The Morgan fingerprint density at radius 2 is 2.08 bits per heavy atom. The van der Waals surface area contributed by atoms with Gasteiger partial charge in [-0.1, -0.05) is 13.8 Å². The minimum atomic E-state index is 0.629. The van der Waals surface area contributed by atoms with Gasteiger partial charge < -0.3 is 5.32 Å². The predicted octanol–water partition coefficient (Wildman–Crippen LogP) is 2.12. The van der Waals surface area contributed by atoms with Gasteiger partial charge in [0.2, 0.25) is 0 Å². The lowest BCUT2D eigenvalue weighted by molar-refractivity contribution is 0.636. The summed E-state index contributed by atoms with van der Waals surface area (Å²) in [5.41, 5.74) is 4.34. The van der Waals surface area contributed by atoms with Gasteiger partial charge in [0.1, 0.15) is 0 Å². The molecule has 0 aromatic carbocycles. The quantitative estimate of drug-likeness (QED) is 0.653. The van der Waals surface area contributed by atoms with E-state index in [1.807, 2.05) is 0 Å². The highest BCUT2D eigenvalue weighted by Gasteiger charge is 2.18. The molecule has 2 heterocycles. The molecule has 0 amide bonds. The second-order valence-corrected chi connectivity index (χ2v) is 4.23. The van der Waals surface area contributed by atoms with Crippen molar-refractivity contribution in [1.29, 1.82) is 0 Å². The molecule has 0 unspecified atom stereocenters. The molecule has 2 heteroatoms. The summed E-state index contributed by atoms with van der Waals surface area (Å²) in [6, 6.07) is 0. The van der Waals surface area contributed by atoms with Crippen LogP contribution in [0.1, 0.15) is 33.1 Å². The van der Waals surface area contributed by atoms with Crippen LogP contribution in [0.25, 0.3) is 0 Å². The fourth-order valence-electron chi connectivity index (χ4n) is 2.02. The van der Waals surface area contributed by atoms with Gasteiger partial charge in [-0.15, -0.1) is 0 Å². The normalized spacial score (nSPS) is 23.2. The van der Waals surface area contributed by atoms with E-state index in [0.29, 0.717) is 5.92 Å². The molecule has 0 radical (unpaired) electrons. The molecule has 1 N–H and O–H groups in total. The van der Waals surface area contributed by atoms with Crippen LogP contribution in [0, 0.1) is 5.92 Å². The van der Waals surface area contributed by atoms with E-state index in [9.17, 15) is 0 Å². The van der Waals surface area contributed by atoms with E-state index >= 15 is 0 Å². The Labute approximate surface area is 80.1 Å². The van der Waals surface area contributed by atoms with Crippen LogP contribution in [0.2, 0.25) is 0 Å². The third kappa shape index (κ3) is 1.83. The molecule has 0 saturated heterocycles. The van der Waals surface area contributed by atoms with Gasteiger partial charge in [0.05, 0.1) is 0 Å². The number of nitrogens with one attached hydrogen (secondary N) is 1. The molecule has 13 heavy (non-hydrogen) atoms. The highest BCUT2D eigenvalue weighted by molar-refractivity contribution is 5.88. The Kier molecular flexibility index (Phi) is 2.49. The summed E-state index contributed by atoms with van der Waals surface area (Å²) >= 11 is 0. The van der Waals surface area contributed by atoms with Crippen molar-refractivity contribution in [2.75, 3.05) is 13.1 Å². The lowest BCUT2D eigenvalue weighted by Crippen LogP contribution is -2.27. The summed E-state index contributed by atoms with van der Waals surface area (Å²) in [5, 5.41) is 3.40. The fraction of sp³-hybridized carbons (Fsp3) is 0.727. The standard InChI is InChI=1S/C11H18N2/c1-8(2)10-4-3-9-7-12-6-5-11(9)13-10/h8,12H,3-7H2,1-2H3. The Morgan fingerprint density at radius 3 is 2.85 bits per heavy atom. The summed E-state index contributed by atoms with van der Waals surface area (Å²) in [6.07, 6.45) is 3.54. The molecule has 0 bridgehead atoms. The minimum absolute atomic E-state index is 0.629. The average molecular weight is 178 g/mol. The summed E-state index contributed by atoms with van der Waals surface area (Å²) in [6.45, 7) is 6.66. The van der Waals surface area contributed by atoms with Gasteiger partial charge in [0.15, 0.2) is 0 Å². The van der Waals surface area contributed by atoms with Crippen LogP contribution in [0.3, 0.4) is 0 Å². The van der Waals surface area contributed by atoms with Crippen LogP contribution in [-0.4, -0.2) is 18.8 Å². The molecule has 0 aliphatic carbocycles. The molecule has 0 fully saturated rings. The molecule has 2 aliphatic heterocycles. The van der Waals surface area contributed by atoms with Crippen LogP contribution in [0.15, 0.2) is 16.3 Å². The van der Waals surface area contributed by atoms with Crippen molar-refractivity contribution in [2.24, 2.45) is 10.9 Å². The summed E-state index contributed by atoms with van der Waals surface area (Å²) in [5.74, 6) is 0.629. The lowest BCUT2D eigenvalue weighted by Gasteiger charge is -2.25. The molecule has 2 rings (SSSR count). The van der Waals surface area contributed by atoms with Gasteiger partial charge >= 0.3 is 0 Å². The number of aliphatic imine (C=N–C) groups is 1. The summed E-state index contributed by atoms with van der Waals surface area (Å²) in [7, 11) is 0.